The quantitative estimate of drug-likeness (QED) is 0.328. The van der Waals surface area contributed by atoms with Crippen molar-refractivity contribution < 1.29 is 78.7 Å². The van der Waals surface area contributed by atoms with Gasteiger partial charge >= 0.3 is 44.7 Å². The molecule has 0 fully saturated rings. The van der Waals surface area contributed by atoms with Crippen LogP contribution in [0, 0.1) is 0 Å². The van der Waals surface area contributed by atoms with Crippen molar-refractivity contribution in [3.8, 4) is 0 Å². The van der Waals surface area contributed by atoms with E-state index in [1.165, 1.54) is 0 Å². The Morgan fingerprint density at radius 3 is 0.556 bits per heavy atom. The summed E-state index contributed by atoms with van der Waals surface area (Å²) in [5.41, 5.74) is 0. The first-order valence-corrected chi connectivity index (χ1v) is 4.15. The molecule has 0 aromatic rings. The van der Waals surface area contributed by atoms with Crippen molar-refractivity contribution >= 4 is 53.2 Å². The summed E-state index contributed by atoms with van der Waals surface area (Å²) in [6, 6.07) is 0. The molecule has 1 radical (unpaired) electrons. The van der Waals surface area contributed by atoms with Gasteiger partial charge in [-0.1, -0.05) is 0 Å². The van der Waals surface area contributed by atoms with Gasteiger partial charge in [0.25, 0.3) is 0 Å². The molecule has 25 N–H and O–H groups in total. The molecule has 0 atom stereocenters. The van der Waals surface area contributed by atoms with Gasteiger partial charge in [-0.15, -0.1) is 0 Å². The molecular formula is H27AlNaO15S. The van der Waals surface area contributed by atoms with Gasteiger partial charge in [0.15, 0.2) is 0 Å². The molecule has 0 rings (SSSR count). The fourth-order valence-corrected chi connectivity index (χ4v) is 0. The topological polar surface area (TPSA) is 432 Å². The van der Waals surface area contributed by atoms with E-state index in [1.807, 2.05) is 0 Å². The molecule has 18 heavy (non-hydrogen) atoms. The van der Waals surface area contributed by atoms with Crippen LogP contribution in [-0.2, 0) is 8.48 Å². The fraction of sp³-hybridized carbons (Fsp3) is 0. The molecule has 0 heterocycles. The van der Waals surface area contributed by atoms with E-state index in [1.54, 1.807) is 0 Å². The Hall–Kier alpha value is 0.962. The summed E-state index contributed by atoms with van der Waals surface area (Å²) in [6.45, 7) is 0. The second-order valence-corrected chi connectivity index (χ2v) is 3.93. The maximum atomic E-state index is 9.20. The summed E-state index contributed by atoms with van der Waals surface area (Å²) in [6.07, 6.45) is 0. The van der Waals surface area contributed by atoms with Crippen LogP contribution >= 0.6 is 0 Å². The molecule has 0 unspecified atom stereocenters. The van der Waals surface area contributed by atoms with Gasteiger partial charge in [-0.2, -0.15) is 0 Å². The first-order chi connectivity index (χ1) is 2.00. The van der Waals surface area contributed by atoms with Gasteiger partial charge in [0.1, 0.15) is 8.48 Å². The summed E-state index contributed by atoms with van der Waals surface area (Å²) in [4.78, 5) is 0. The summed E-state index contributed by atoms with van der Waals surface area (Å²) >= 11 is 0.539. The van der Waals surface area contributed by atoms with Crippen LogP contribution in [0.5, 0.6) is 0 Å². The second kappa shape index (κ2) is 107. The van der Waals surface area contributed by atoms with Gasteiger partial charge in [0, 0.05) is 0 Å². The number of hydrogen-bond donors (Lipinski definition) is 1. The van der Waals surface area contributed by atoms with Gasteiger partial charge in [0.2, 0.25) is 0 Å². The molecule has 0 spiro atoms. The third kappa shape index (κ3) is 4670. The van der Waals surface area contributed by atoms with Crippen LogP contribution in [0.15, 0.2) is 0 Å². The Morgan fingerprint density at radius 1 is 0.556 bits per heavy atom. The van der Waals surface area contributed by atoms with Crippen molar-refractivity contribution in [2.75, 3.05) is 0 Å². The predicted octanol–water partition coefficient (Wildman–Crippen LogP) is -11.9. The van der Waals surface area contributed by atoms with E-state index < -0.39 is 8.48 Å². The second-order valence-electron chi connectivity index (χ2n) is 0.582. The standard InChI is InChI=1S/Al.Na.HO3S.12H2O.2H/c;;1-4(2)3;;;;;;;;;;;;;;/h;;(H,1,2,3);12*1H2;;. The molecule has 0 saturated carbocycles. The van der Waals surface area contributed by atoms with Crippen molar-refractivity contribution in [2.24, 2.45) is 0 Å². The van der Waals surface area contributed by atoms with Gasteiger partial charge in [0.05, 0.1) is 0 Å². The molecule has 15 nitrogen and oxygen atoms in total. The zero-order chi connectivity index (χ0) is 4.50. The minimum absolute atomic E-state index is 0. The molecule has 0 aliphatic carbocycles. The van der Waals surface area contributed by atoms with Crippen LogP contribution in [-0.4, -0.2) is 123 Å². The van der Waals surface area contributed by atoms with Crippen molar-refractivity contribution in [3.05, 3.63) is 0 Å². The molecule has 0 aliphatic heterocycles. The summed E-state index contributed by atoms with van der Waals surface area (Å²) in [5.74, 6) is 0. The van der Waals surface area contributed by atoms with E-state index in [9.17, 15) is 8.42 Å². The molecular weight excluding hydrogens is 322 g/mol. The molecule has 18 heteroatoms. The Kier molecular flexibility index (Phi) is 1470. The van der Waals surface area contributed by atoms with Crippen LogP contribution < -0.4 is 0 Å². The maximum absolute atomic E-state index is 9.20. The van der Waals surface area contributed by atoms with Gasteiger partial charge in [-0.05, 0) is 0 Å². The van der Waals surface area contributed by atoms with Crippen molar-refractivity contribution in [1.82, 2.24) is 0 Å². The van der Waals surface area contributed by atoms with Crippen LogP contribution in [0.1, 0.15) is 0 Å². The first kappa shape index (κ1) is 248. The minimum atomic E-state index is -3.64. The molecule has 0 aromatic heterocycles. The number of hydrogen-bond acceptors (Lipinski definition) is 2. The van der Waals surface area contributed by atoms with Gasteiger partial charge < -0.3 is 70.3 Å². The van der Waals surface area contributed by atoms with E-state index in [0.29, 0.717) is 15.2 Å². The summed E-state index contributed by atoms with van der Waals surface area (Å²) in [5, 5.41) is 0. The van der Waals surface area contributed by atoms with E-state index in [0.717, 1.165) is 0 Å². The van der Waals surface area contributed by atoms with Crippen LogP contribution in [0.25, 0.3) is 0 Å². The Balaban J connectivity index is -0.00000000103. The third-order valence-electron chi connectivity index (χ3n) is 0. The first-order valence-electron chi connectivity index (χ1n) is 0.805. The van der Waals surface area contributed by atoms with Gasteiger partial charge in [-0.3, -0.25) is 0 Å². The molecule has 0 aromatic carbocycles. The molecule has 0 amide bonds. The number of rotatable bonds is 0. The summed E-state index contributed by atoms with van der Waals surface area (Å²) in [7, 11) is -3.64. The van der Waals surface area contributed by atoms with Crippen LogP contribution in [0.4, 0.5) is 0 Å². The van der Waals surface area contributed by atoms with Crippen molar-refractivity contribution in [3.63, 3.8) is 0 Å². The molecule has 127 valence electrons. The average Bonchev–Trinajstić information content (AvgIpc) is 0.722. The zero-order valence-electron chi connectivity index (χ0n) is 8.38. The summed E-state index contributed by atoms with van der Waals surface area (Å²) < 4.78 is 25.9. The Bertz CT molecular complexity index is 99.7. The van der Waals surface area contributed by atoms with E-state index in [-0.39, 0.29) is 95.3 Å². The normalized spacial score (nSPS) is 3.17. The monoisotopic (exact) mass is 349 g/mol. The fourth-order valence-electron chi connectivity index (χ4n) is 0. The van der Waals surface area contributed by atoms with E-state index in [2.05, 4.69) is 0 Å². The molecule has 0 bridgehead atoms. The molecule has 0 aliphatic rings. The predicted molar refractivity (Wildman–Crippen MR) is 69.2 cm³/mol. The third-order valence-corrected chi connectivity index (χ3v) is 0. The Labute approximate surface area is 131 Å². The van der Waals surface area contributed by atoms with Gasteiger partial charge in [-0.25, -0.2) is 8.42 Å². The van der Waals surface area contributed by atoms with Crippen molar-refractivity contribution in [2.45, 2.75) is 0 Å². The van der Waals surface area contributed by atoms with E-state index in [4.69, 9.17) is 4.55 Å². The Morgan fingerprint density at radius 2 is 0.556 bits per heavy atom. The van der Waals surface area contributed by atoms with Crippen LogP contribution in [0.2, 0.25) is 0 Å². The van der Waals surface area contributed by atoms with Crippen molar-refractivity contribution in [1.29, 1.82) is 0 Å². The zero-order valence-corrected chi connectivity index (χ0v) is 10.6. The van der Waals surface area contributed by atoms with E-state index >= 15 is 0 Å². The molecule has 0 saturated heterocycles. The SMILES string of the molecule is O.O.O.O.O.O.O.O.O.O.O.O.O=[S](=O)(O)[AlH].[NaH]. The van der Waals surface area contributed by atoms with Crippen LogP contribution in [0.3, 0.4) is 0 Å². The average molecular weight is 349 g/mol.